The summed E-state index contributed by atoms with van der Waals surface area (Å²) >= 11 is 5.51. The molecule has 2 unspecified atom stereocenters. The van der Waals surface area contributed by atoms with Crippen LogP contribution in [0.5, 0.6) is 0 Å². The molecule has 0 radical (unpaired) electrons. The normalized spacial score (nSPS) is 31.6. The maximum absolute atomic E-state index is 14.0. The predicted octanol–water partition coefficient (Wildman–Crippen LogP) is 1.17. The monoisotopic (exact) mass is 252 g/mol. The van der Waals surface area contributed by atoms with E-state index in [-0.39, 0.29) is 6.10 Å². The number of rotatable bonds is 2. The number of imide groups is 1. The highest BCUT2D eigenvalue weighted by molar-refractivity contribution is 6.35. The van der Waals surface area contributed by atoms with E-state index in [1.165, 1.54) is 14.1 Å². The second-order valence-electron chi connectivity index (χ2n) is 3.92. The fraction of sp³-hybridized carbons (Fsp3) is 0.778. The predicted molar refractivity (Wildman–Crippen MR) is 55.6 cm³/mol. The van der Waals surface area contributed by atoms with Crippen molar-refractivity contribution in [3.8, 4) is 0 Å². The van der Waals surface area contributed by atoms with E-state index in [2.05, 4.69) is 0 Å². The summed E-state index contributed by atoms with van der Waals surface area (Å²) in [6.45, 7) is 3.32. The molecule has 1 aliphatic heterocycles. The third-order valence-electron chi connectivity index (χ3n) is 2.24. The molecule has 0 saturated carbocycles. The van der Waals surface area contributed by atoms with Crippen molar-refractivity contribution in [3.05, 3.63) is 0 Å². The van der Waals surface area contributed by atoms with Gasteiger partial charge < -0.3 is 4.74 Å². The third kappa shape index (κ3) is 1.99. The summed E-state index contributed by atoms with van der Waals surface area (Å²) in [5.74, 6) is -1.11. The fourth-order valence-electron chi connectivity index (χ4n) is 1.43. The van der Waals surface area contributed by atoms with Crippen LogP contribution in [-0.2, 0) is 9.53 Å². The molecule has 0 aromatic rings. The molecule has 0 aromatic heterocycles. The first kappa shape index (κ1) is 13.2. The molecule has 92 valence electrons. The Morgan fingerprint density at radius 1 is 1.44 bits per heavy atom. The maximum Gasteiger partial charge on any atom is 0.328 e. The minimum absolute atomic E-state index is 0.356. The van der Waals surface area contributed by atoms with E-state index in [0.717, 1.165) is 4.90 Å². The molecule has 1 fully saturated rings. The van der Waals surface area contributed by atoms with E-state index >= 15 is 0 Å². The van der Waals surface area contributed by atoms with Crippen LogP contribution in [0.15, 0.2) is 0 Å². The van der Waals surface area contributed by atoms with Gasteiger partial charge >= 0.3 is 11.2 Å². The molecule has 0 N–H and O–H groups in total. The summed E-state index contributed by atoms with van der Waals surface area (Å²) in [7, 11) is 2.50. The Bertz CT molecular complexity index is 322. The Labute approximate surface area is 98.1 Å². The van der Waals surface area contributed by atoms with Crippen LogP contribution in [0, 0.1) is 0 Å². The van der Waals surface area contributed by atoms with Gasteiger partial charge in [0.2, 0.25) is 0 Å². The van der Waals surface area contributed by atoms with Gasteiger partial charge in [0.1, 0.15) is 0 Å². The molecule has 1 aliphatic rings. The maximum atomic E-state index is 14.0. The average Bonchev–Trinajstić information content (AvgIpc) is 2.19. The van der Waals surface area contributed by atoms with Crippen molar-refractivity contribution in [1.82, 2.24) is 9.80 Å². The average molecular weight is 253 g/mol. The van der Waals surface area contributed by atoms with Crippen LogP contribution in [0.25, 0.3) is 0 Å². The first-order valence-corrected chi connectivity index (χ1v) is 5.15. The van der Waals surface area contributed by atoms with Gasteiger partial charge in [-0.2, -0.15) is 0 Å². The number of hydrogen-bond acceptors (Lipinski definition) is 3. The Hall–Kier alpha value is -0.880. The lowest BCUT2D eigenvalue weighted by Gasteiger charge is -2.42. The van der Waals surface area contributed by atoms with Gasteiger partial charge in [0.05, 0.1) is 6.10 Å². The molecular formula is C9H14ClFN2O3. The zero-order valence-electron chi connectivity index (χ0n) is 9.53. The smallest absolute Gasteiger partial charge is 0.328 e. The third-order valence-corrected chi connectivity index (χ3v) is 2.59. The van der Waals surface area contributed by atoms with E-state index < -0.39 is 23.3 Å². The Morgan fingerprint density at radius 2 is 1.94 bits per heavy atom. The van der Waals surface area contributed by atoms with Crippen molar-refractivity contribution < 1.29 is 18.7 Å². The van der Waals surface area contributed by atoms with Crippen molar-refractivity contribution in [1.29, 1.82) is 0 Å². The van der Waals surface area contributed by atoms with Crippen LogP contribution in [0.3, 0.4) is 0 Å². The molecule has 3 amide bonds. The summed E-state index contributed by atoms with van der Waals surface area (Å²) in [5.41, 5.74) is 0. The first-order valence-electron chi connectivity index (χ1n) is 4.77. The summed E-state index contributed by atoms with van der Waals surface area (Å²) in [4.78, 5) is 24.6. The van der Waals surface area contributed by atoms with E-state index in [1.807, 2.05) is 0 Å². The number of alkyl halides is 2. The summed E-state index contributed by atoms with van der Waals surface area (Å²) in [6, 6.07) is -0.649. The van der Waals surface area contributed by atoms with Crippen molar-refractivity contribution in [2.24, 2.45) is 0 Å². The first-order chi connectivity index (χ1) is 7.19. The number of ether oxygens (including phenoxy) is 1. The highest BCUT2D eigenvalue weighted by Crippen LogP contribution is 2.33. The Kier molecular flexibility index (Phi) is 3.44. The van der Waals surface area contributed by atoms with Crippen LogP contribution in [0.2, 0.25) is 0 Å². The molecular weight excluding hydrogens is 239 g/mol. The molecule has 0 aromatic carbocycles. The Balaban J connectivity index is 3.04. The number of nitrogens with zero attached hydrogens (tertiary/aromatic N) is 2. The summed E-state index contributed by atoms with van der Waals surface area (Å²) < 4.78 is 19.2. The van der Waals surface area contributed by atoms with Crippen molar-refractivity contribution in [2.75, 3.05) is 14.1 Å². The molecule has 1 rings (SSSR count). The van der Waals surface area contributed by atoms with E-state index in [4.69, 9.17) is 16.3 Å². The van der Waals surface area contributed by atoms with Gasteiger partial charge in [-0.1, -0.05) is 11.6 Å². The van der Waals surface area contributed by atoms with Gasteiger partial charge in [-0.3, -0.25) is 14.6 Å². The van der Waals surface area contributed by atoms with Gasteiger partial charge in [0.15, 0.2) is 6.23 Å². The lowest BCUT2D eigenvalue weighted by molar-refractivity contribution is -0.168. The summed E-state index contributed by atoms with van der Waals surface area (Å²) in [6.07, 6.45) is -1.77. The second kappa shape index (κ2) is 4.18. The molecule has 16 heavy (non-hydrogen) atoms. The number of urea groups is 1. The van der Waals surface area contributed by atoms with Crippen LogP contribution < -0.4 is 0 Å². The zero-order chi connectivity index (χ0) is 12.7. The van der Waals surface area contributed by atoms with Crippen molar-refractivity contribution >= 4 is 23.5 Å². The summed E-state index contributed by atoms with van der Waals surface area (Å²) in [5, 5.41) is -2.75. The largest absolute Gasteiger partial charge is 0.350 e. The van der Waals surface area contributed by atoms with Gasteiger partial charge in [0.25, 0.3) is 5.91 Å². The molecule has 7 heteroatoms. The van der Waals surface area contributed by atoms with E-state index in [9.17, 15) is 14.0 Å². The van der Waals surface area contributed by atoms with Crippen LogP contribution in [0.4, 0.5) is 9.18 Å². The topological polar surface area (TPSA) is 49.9 Å². The van der Waals surface area contributed by atoms with Crippen molar-refractivity contribution in [3.63, 3.8) is 0 Å². The van der Waals surface area contributed by atoms with Gasteiger partial charge in [-0.25, -0.2) is 9.18 Å². The van der Waals surface area contributed by atoms with E-state index in [0.29, 0.717) is 4.90 Å². The highest BCUT2D eigenvalue weighted by atomic mass is 35.5. The molecule has 1 saturated heterocycles. The fourth-order valence-corrected chi connectivity index (χ4v) is 1.76. The second-order valence-corrected chi connectivity index (χ2v) is 4.47. The van der Waals surface area contributed by atoms with Crippen molar-refractivity contribution in [2.45, 2.75) is 31.3 Å². The number of carbonyl (C=O) groups excluding carboxylic acids is 2. The highest BCUT2D eigenvalue weighted by Gasteiger charge is 2.56. The molecule has 0 aliphatic carbocycles. The lowest BCUT2D eigenvalue weighted by atomic mass is 10.2. The van der Waals surface area contributed by atoms with Crippen LogP contribution in [-0.4, -0.2) is 53.3 Å². The molecule has 0 spiro atoms. The minimum atomic E-state index is -2.75. The lowest BCUT2D eigenvalue weighted by Crippen LogP contribution is -2.66. The van der Waals surface area contributed by atoms with Crippen LogP contribution >= 0.6 is 11.6 Å². The van der Waals surface area contributed by atoms with Gasteiger partial charge in [-0.15, -0.1) is 0 Å². The van der Waals surface area contributed by atoms with Crippen LogP contribution in [0.1, 0.15) is 13.8 Å². The number of amides is 3. The Morgan fingerprint density at radius 3 is 2.38 bits per heavy atom. The van der Waals surface area contributed by atoms with Gasteiger partial charge in [-0.05, 0) is 13.8 Å². The molecule has 0 bridgehead atoms. The molecule has 5 nitrogen and oxygen atoms in total. The molecule has 1 heterocycles. The minimum Gasteiger partial charge on any atom is -0.350 e. The standard InChI is InChI=1S/C9H14ClFN2O3/c1-5(2)16-7-9(10,11)6(14)12(3)8(15)13(7)4/h5,7H,1-4H3. The number of carbonyl (C=O) groups is 2. The van der Waals surface area contributed by atoms with E-state index in [1.54, 1.807) is 13.8 Å². The zero-order valence-corrected chi connectivity index (χ0v) is 10.3. The molecule has 2 atom stereocenters. The number of hydrogen-bond donors (Lipinski definition) is 0. The number of halogens is 2. The SMILES string of the molecule is CC(C)OC1N(C)C(=O)N(C)C(=O)C1(F)Cl. The quantitative estimate of drug-likeness (QED) is 0.693. The van der Waals surface area contributed by atoms with Gasteiger partial charge in [0, 0.05) is 14.1 Å².